The third-order valence-electron chi connectivity index (χ3n) is 3.43. The smallest absolute Gasteiger partial charge is 0.270 e. The van der Waals surface area contributed by atoms with Crippen LogP contribution in [0.25, 0.3) is 0 Å². The number of nitrogens with one attached hydrogen (secondary N) is 1. The summed E-state index contributed by atoms with van der Waals surface area (Å²) in [7, 11) is 0. The number of hydrogen-bond donors (Lipinski definition) is 1. The Bertz CT molecular complexity index is 1060. The van der Waals surface area contributed by atoms with E-state index >= 15 is 0 Å². The molecule has 1 aromatic heterocycles. The first-order valence-electron chi connectivity index (χ1n) is 7.92. The van der Waals surface area contributed by atoms with Crippen LogP contribution in [0.2, 0.25) is 10.0 Å². The molecule has 0 saturated carbocycles. The van der Waals surface area contributed by atoms with Crippen LogP contribution in [0.3, 0.4) is 0 Å². The van der Waals surface area contributed by atoms with E-state index in [9.17, 15) is 10.1 Å². The molecule has 28 heavy (non-hydrogen) atoms. The monoisotopic (exact) mass is 433 g/mol. The normalized spacial score (nSPS) is 11.8. The van der Waals surface area contributed by atoms with E-state index in [4.69, 9.17) is 23.2 Å². The summed E-state index contributed by atoms with van der Waals surface area (Å²) < 4.78 is 0. The van der Waals surface area contributed by atoms with Crippen molar-refractivity contribution >= 4 is 56.8 Å². The number of thiophene rings is 1. The minimum atomic E-state index is -0.481. The lowest BCUT2D eigenvalue weighted by atomic mass is 10.2. The van der Waals surface area contributed by atoms with Crippen molar-refractivity contribution in [3.8, 4) is 0 Å². The molecule has 0 fully saturated rings. The van der Waals surface area contributed by atoms with Crippen molar-refractivity contribution < 1.29 is 4.92 Å². The van der Waals surface area contributed by atoms with E-state index < -0.39 is 4.92 Å². The lowest BCUT2D eigenvalue weighted by molar-refractivity contribution is -0.384. The van der Waals surface area contributed by atoms with Gasteiger partial charge < -0.3 is 0 Å². The Labute approximate surface area is 174 Å². The van der Waals surface area contributed by atoms with Crippen LogP contribution in [-0.4, -0.2) is 10.8 Å². The molecule has 0 amide bonds. The predicted octanol–water partition coefficient (Wildman–Crippen LogP) is 6.83. The Kier molecular flexibility index (Phi) is 6.35. The quantitative estimate of drug-likeness (QED) is 0.157. The van der Waals surface area contributed by atoms with Crippen LogP contribution in [0.4, 0.5) is 16.4 Å². The number of rotatable bonds is 5. The molecule has 1 heterocycles. The van der Waals surface area contributed by atoms with Crippen LogP contribution in [0.15, 0.2) is 69.2 Å². The molecule has 3 rings (SSSR count). The van der Waals surface area contributed by atoms with Crippen molar-refractivity contribution in [3.63, 3.8) is 0 Å². The average molecular weight is 434 g/mol. The lowest BCUT2D eigenvalue weighted by Crippen LogP contribution is -2.02. The van der Waals surface area contributed by atoms with Crippen LogP contribution in [0.1, 0.15) is 11.1 Å². The lowest BCUT2D eigenvalue weighted by Gasteiger charge is -2.05. The Morgan fingerprint density at radius 3 is 2.54 bits per heavy atom. The van der Waals surface area contributed by atoms with Crippen LogP contribution >= 0.6 is 34.5 Å². The number of benzene rings is 2. The maximum atomic E-state index is 11.1. The molecule has 0 unspecified atom stereocenters. The molecule has 0 bridgehead atoms. The highest BCUT2D eigenvalue weighted by Gasteiger charge is 2.11. The summed E-state index contributed by atoms with van der Waals surface area (Å²) in [5.74, 6) is 0.172. The Morgan fingerprint density at radius 1 is 1.14 bits per heavy atom. The molecule has 0 spiro atoms. The SMILES string of the molecule is Cc1csc(N=NC(=NNc2cc(Cl)cc(Cl)c2)c2cccc([N+](=O)[O-])c2)c1. The molecule has 0 radical (unpaired) electrons. The summed E-state index contributed by atoms with van der Waals surface area (Å²) in [5, 5.41) is 27.2. The van der Waals surface area contributed by atoms with Gasteiger partial charge in [0.1, 0.15) is 5.00 Å². The van der Waals surface area contributed by atoms with E-state index in [-0.39, 0.29) is 11.5 Å². The molecule has 0 aliphatic rings. The van der Waals surface area contributed by atoms with Gasteiger partial charge in [0, 0.05) is 27.7 Å². The van der Waals surface area contributed by atoms with E-state index in [0.29, 0.717) is 26.3 Å². The summed E-state index contributed by atoms with van der Waals surface area (Å²) in [6, 6.07) is 12.8. The van der Waals surface area contributed by atoms with E-state index in [1.165, 1.54) is 23.5 Å². The molecule has 1 N–H and O–H groups in total. The van der Waals surface area contributed by atoms with E-state index in [2.05, 4.69) is 20.8 Å². The number of amidine groups is 1. The number of nitrogens with zero attached hydrogens (tertiary/aromatic N) is 4. The fourth-order valence-corrected chi connectivity index (χ4v) is 3.45. The van der Waals surface area contributed by atoms with Crippen molar-refractivity contribution in [2.75, 3.05) is 5.43 Å². The number of nitro benzene ring substituents is 1. The van der Waals surface area contributed by atoms with Gasteiger partial charge in [0.05, 0.1) is 10.6 Å². The van der Waals surface area contributed by atoms with Crippen molar-refractivity contribution in [2.45, 2.75) is 6.92 Å². The fraction of sp³-hybridized carbons (Fsp3) is 0.0556. The van der Waals surface area contributed by atoms with Gasteiger partial charge in [-0.3, -0.25) is 15.5 Å². The second-order valence-electron chi connectivity index (χ2n) is 5.68. The fourth-order valence-electron chi connectivity index (χ4n) is 2.20. The zero-order valence-electron chi connectivity index (χ0n) is 14.5. The van der Waals surface area contributed by atoms with Crippen LogP contribution in [-0.2, 0) is 0 Å². The number of hydrogen-bond acceptors (Lipinski definition) is 6. The highest BCUT2D eigenvalue weighted by atomic mass is 35.5. The molecule has 0 saturated heterocycles. The van der Waals surface area contributed by atoms with Gasteiger partial charge in [0.2, 0.25) is 5.84 Å². The molecule has 0 aliphatic carbocycles. The first kappa shape index (κ1) is 19.9. The molecule has 0 aliphatic heterocycles. The first-order valence-corrected chi connectivity index (χ1v) is 9.56. The van der Waals surface area contributed by atoms with Crippen LogP contribution in [0.5, 0.6) is 0 Å². The van der Waals surface area contributed by atoms with E-state index in [1.54, 1.807) is 30.3 Å². The molecule has 2 aromatic carbocycles. The van der Waals surface area contributed by atoms with Gasteiger partial charge in [-0.2, -0.15) is 5.10 Å². The van der Waals surface area contributed by atoms with Crippen LogP contribution in [0, 0.1) is 17.0 Å². The summed E-state index contributed by atoms with van der Waals surface area (Å²) in [6.07, 6.45) is 0. The van der Waals surface area contributed by atoms with Gasteiger partial charge in [-0.25, -0.2) is 0 Å². The number of non-ortho nitro benzene ring substituents is 1. The summed E-state index contributed by atoms with van der Waals surface area (Å²) in [4.78, 5) is 10.6. The predicted molar refractivity (Wildman–Crippen MR) is 113 cm³/mol. The number of halogens is 2. The molecule has 3 aromatic rings. The minimum absolute atomic E-state index is 0.0711. The Hall–Kier alpha value is -2.81. The molecular weight excluding hydrogens is 421 g/mol. The van der Waals surface area contributed by atoms with E-state index in [1.807, 2.05) is 18.4 Å². The largest absolute Gasteiger partial charge is 0.276 e. The van der Waals surface area contributed by atoms with E-state index in [0.717, 1.165) is 5.56 Å². The van der Waals surface area contributed by atoms with Gasteiger partial charge in [-0.15, -0.1) is 21.6 Å². The van der Waals surface area contributed by atoms with Gasteiger partial charge in [0.15, 0.2) is 0 Å². The zero-order valence-corrected chi connectivity index (χ0v) is 16.8. The number of hydrazone groups is 1. The number of anilines is 1. The third-order valence-corrected chi connectivity index (χ3v) is 4.80. The van der Waals surface area contributed by atoms with Crippen molar-refractivity contribution in [3.05, 3.63) is 85.2 Å². The molecule has 142 valence electrons. The second kappa shape index (κ2) is 8.92. The van der Waals surface area contributed by atoms with Crippen molar-refractivity contribution in [1.82, 2.24) is 0 Å². The molecule has 10 heteroatoms. The first-order chi connectivity index (χ1) is 13.4. The summed E-state index contributed by atoms with van der Waals surface area (Å²) in [6.45, 7) is 1.95. The zero-order chi connectivity index (χ0) is 20.1. The molecule has 0 atom stereocenters. The minimum Gasteiger partial charge on any atom is -0.276 e. The Balaban J connectivity index is 1.96. The van der Waals surface area contributed by atoms with Crippen molar-refractivity contribution in [2.24, 2.45) is 15.3 Å². The maximum absolute atomic E-state index is 11.1. The summed E-state index contributed by atoms with van der Waals surface area (Å²) in [5.41, 5.74) is 4.79. The van der Waals surface area contributed by atoms with Crippen LogP contribution < -0.4 is 5.43 Å². The highest BCUT2D eigenvalue weighted by molar-refractivity contribution is 7.13. The number of aryl methyl sites for hydroxylation is 1. The number of nitro groups is 1. The average Bonchev–Trinajstić information content (AvgIpc) is 3.06. The second-order valence-corrected chi connectivity index (χ2v) is 7.44. The molecule has 7 nitrogen and oxygen atoms in total. The molecular formula is C18H13Cl2N5O2S. The summed E-state index contributed by atoms with van der Waals surface area (Å²) >= 11 is 13.4. The number of azo groups is 1. The standard InChI is InChI=1S/C18H13Cl2N5O2S/c1-11-5-17(28-10-11)22-24-18(12-3-2-4-16(6-12)25(26)27)23-21-15-8-13(19)7-14(20)9-15/h2-10,21H,1H3. The van der Waals surface area contributed by atoms with Gasteiger partial charge in [-0.05, 0) is 42.1 Å². The topological polar surface area (TPSA) is 92.2 Å². The van der Waals surface area contributed by atoms with Gasteiger partial charge in [0.25, 0.3) is 5.69 Å². The van der Waals surface area contributed by atoms with Gasteiger partial charge >= 0.3 is 0 Å². The van der Waals surface area contributed by atoms with Gasteiger partial charge in [-0.1, -0.05) is 35.3 Å². The van der Waals surface area contributed by atoms with Crippen molar-refractivity contribution in [1.29, 1.82) is 0 Å². The Morgan fingerprint density at radius 2 is 1.89 bits per heavy atom. The maximum Gasteiger partial charge on any atom is 0.270 e. The third kappa shape index (κ3) is 5.35. The highest BCUT2D eigenvalue weighted by Crippen LogP contribution is 2.25.